The Morgan fingerprint density at radius 2 is 2.05 bits per heavy atom. The highest BCUT2D eigenvalue weighted by Gasteiger charge is 2.12. The summed E-state index contributed by atoms with van der Waals surface area (Å²) >= 11 is 0. The van der Waals surface area contributed by atoms with Crippen LogP contribution in [-0.4, -0.2) is 31.8 Å². The molecule has 1 aromatic heterocycles. The number of aromatic nitrogens is 1. The SMILES string of the molecule is COc1ccc(CCNC(=O)c2cnoc2C)cc1OC. The summed E-state index contributed by atoms with van der Waals surface area (Å²) in [5, 5.41) is 6.41. The van der Waals surface area contributed by atoms with E-state index in [0.717, 1.165) is 5.56 Å². The second kappa shape index (κ2) is 6.78. The Kier molecular flexibility index (Phi) is 4.81. The fraction of sp³-hybridized carbons (Fsp3) is 0.333. The van der Waals surface area contributed by atoms with E-state index in [1.807, 2.05) is 18.2 Å². The van der Waals surface area contributed by atoms with Crippen LogP contribution in [0.5, 0.6) is 11.5 Å². The molecule has 2 rings (SSSR count). The molecule has 0 spiro atoms. The van der Waals surface area contributed by atoms with Gasteiger partial charge in [0.2, 0.25) is 0 Å². The molecule has 1 amide bonds. The van der Waals surface area contributed by atoms with Gasteiger partial charge >= 0.3 is 0 Å². The highest BCUT2D eigenvalue weighted by atomic mass is 16.5. The Morgan fingerprint density at radius 3 is 2.67 bits per heavy atom. The standard InChI is InChI=1S/C15H18N2O4/c1-10-12(9-17-21-10)15(18)16-7-6-11-4-5-13(19-2)14(8-11)20-3/h4-5,8-9H,6-7H2,1-3H3,(H,16,18). The Labute approximate surface area is 123 Å². The van der Waals surface area contributed by atoms with Crippen LogP contribution in [-0.2, 0) is 6.42 Å². The Balaban J connectivity index is 1.92. The van der Waals surface area contributed by atoms with Gasteiger partial charge in [0.1, 0.15) is 11.3 Å². The van der Waals surface area contributed by atoms with E-state index in [2.05, 4.69) is 10.5 Å². The smallest absolute Gasteiger partial charge is 0.256 e. The molecule has 0 radical (unpaired) electrons. The van der Waals surface area contributed by atoms with Crippen LogP contribution in [0.25, 0.3) is 0 Å². The highest BCUT2D eigenvalue weighted by molar-refractivity contribution is 5.94. The van der Waals surface area contributed by atoms with Gasteiger partial charge in [0, 0.05) is 6.54 Å². The van der Waals surface area contributed by atoms with E-state index < -0.39 is 0 Å². The monoisotopic (exact) mass is 290 g/mol. The van der Waals surface area contributed by atoms with E-state index >= 15 is 0 Å². The summed E-state index contributed by atoms with van der Waals surface area (Å²) < 4.78 is 15.3. The van der Waals surface area contributed by atoms with E-state index in [1.165, 1.54) is 6.20 Å². The molecule has 0 aliphatic rings. The lowest BCUT2D eigenvalue weighted by Gasteiger charge is -2.10. The van der Waals surface area contributed by atoms with E-state index in [0.29, 0.717) is 35.8 Å². The first-order chi connectivity index (χ1) is 10.2. The van der Waals surface area contributed by atoms with Crippen LogP contribution < -0.4 is 14.8 Å². The third kappa shape index (κ3) is 3.53. The van der Waals surface area contributed by atoms with Crippen LogP contribution in [0.4, 0.5) is 0 Å². The van der Waals surface area contributed by atoms with E-state index in [4.69, 9.17) is 14.0 Å². The minimum Gasteiger partial charge on any atom is -0.493 e. The van der Waals surface area contributed by atoms with Crippen molar-refractivity contribution in [1.29, 1.82) is 0 Å². The van der Waals surface area contributed by atoms with Crippen LogP contribution in [0, 0.1) is 6.92 Å². The molecular weight excluding hydrogens is 272 g/mol. The van der Waals surface area contributed by atoms with Gasteiger partial charge in [0.05, 0.1) is 20.4 Å². The molecule has 2 aromatic rings. The second-order valence-electron chi connectivity index (χ2n) is 4.49. The number of amides is 1. The number of carbonyl (C=O) groups excluding carboxylic acids is 1. The fourth-order valence-corrected chi connectivity index (χ4v) is 1.97. The lowest BCUT2D eigenvalue weighted by molar-refractivity contribution is 0.0952. The van der Waals surface area contributed by atoms with E-state index in [-0.39, 0.29) is 5.91 Å². The first-order valence-electron chi connectivity index (χ1n) is 6.56. The topological polar surface area (TPSA) is 73.6 Å². The number of ether oxygens (including phenoxy) is 2. The van der Waals surface area contributed by atoms with Crippen LogP contribution in [0.1, 0.15) is 21.7 Å². The number of nitrogens with zero attached hydrogens (tertiary/aromatic N) is 1. The molecule has 0 aliphatic carbocycles. The zero-order valence-corrected chi connectivity index (χ0v) is 12.3. The number of rotatable bonds is 6. The number of hydrogen-bond acceptors (Lipinski definition) is 5. The highest BCUT2D eigenvalue weighted by Crippen LogP contribution is 2.27. The Morgan fingerprint density at radius 1 is 1.29 bits per heavy atom. The molecule has 1 aromatic carbocycles. The first-order valence-corrected chi connectivity index (χ1v) is 6.56. The summed E-state index contributed by atoms with van der Waals surface area (Å²) in [7, 11) is 3.19. The number of nitrogens with one attached hydrogen (secondary N) is 1. The maximum atomic E-state index is 11.9. The minimum atomic E-state index is -0.186. The summed E-state index contributed by atoms with van der Waals surface area (Å²) in [5.41, 5.74) is 1.51. The lowest BCUT2D eigenvalue weighted by atomic mass is 10.1. The quantitative estimate of drug-likeness (QED) is 0.880. The summed E-state index contributed by atoms with van der Waals surface area (Å²) in [6.45, 7) is 2.22. The van der Waals surface area contributed by atoms with Gasteiger partial charge in [-0.25, -0.2) is 0 Å². The lowest BCUT2D eigenvalue weighted by Crippen LogP contribution is -2.25. The predicted octanol–water partition coefficient (Wildman–Crippen LogP) is 1.97. The largest absolute Gasteiger partial charge is 0.493 e. The van der Waals surface area contributed by atoms with E-state index in [9.17, 15) is 4.79 Å². The summed E-state index contributed by atoms with van der Waals surface area (Å²) in [6, 6.07) is 5.69. The van der Waals surface area contributed by atoms with Crippen molar-refractivity contribution in [1.82, 2.24) is 10.5 Å². The summed E-state index contributed by atoms with van der Waals surface area (Å²) in [4.78, 5) is 11.9. The van der Waals surface area contributed by atoms with Crippen molar-refractivity contribution in [3.63, 3.8) is 0 Å². The molecule has 0 unspecified atom stereocenters. The zero-order valence-electron chi connectivity index (χ0n) is 12.3. The van der Waals surface area contributed by atoms with Gasteiger partial charge in [-0.1, -0.05) is 11.2 Å². The normalized spacial score (nSPS) is 10.2. The molecule has 0 fully saturated rings. The van der Waals surface area contributed by atoms with Gasteiger partial charge in [-0.05, 0) is 31.0 Å². The van der Waals surface area contributed by atoms with Crippen molar-refractivity contribution < 1.29 is 18.8 Å². The van der Waals surface area contributed by atoms with Gasteiger partial charge < -0.3 is 19.3 Å². The Bertz CT molecular complexity index is 622. The molecule has 0 bridgehead atoms. The average Bonchev–Trinajstić information content (AvgIpc) is 2.93. The number of hydrogen-bond donors (Lipinski definition) is 1. The van der Waals surface area contributed by atoms with Gasteiger partial charge in [0.15, 0.2) is 11.5 Å². The molecule has 1 heterocycles. The van der Waals surface area contributed by atoms with Crippen molar-refractivity contribution in [3.05, 3.63) is 41.3 Å². The van der Waals surface area contributed by atoms with Crippen LogP contribution in [0.2, 0.25) is 0 Å². The van der Waals surface area contributed by atoms with Crippen molar-refractivity contribution in [2.75, 3.05) is 20.8 Å². The van der Waals surface area contributed by atoms with Gasteiger partial charge in [-0.2, -0.15) is 0 Å². The first kappa shape index (κ1) is 14.9. The van der Waals surface area contributed by atoms with Gasteiger partial charge in [-0.3, -0.25) is 4.79 Å². The maximum Gasteiger partial charge on any atom is 0.256 e. The van der Waals surface area contributed by atoms with Crippen molar-refractivity contribution in [3.8, 4) is 11.5 Å². The van der Waals surface area contributed by atoms with Gasteiger partial charge in [-0.15, -0.1) is 0 Å². The van der Waals surface area contributed by atoms with Crippen molar-refractivity contribution in [2.24, 2.45) is 0 Å². The average molecular weight is 290 g/mol. The minimum absolute atomic E-state index is 0.186. The molecule has 6 heteroatoms. The Hall–Kier alpha value is -2.50. The molecule has 0 saturated carbocycles. The van der Waals surface area contributed by atoms with E-state index in [1.54, 1.807) is 21.1 Å². The molecule has 0 saturated heterocycles. The second-order valence-corrected chi connectivity index (χ2v) is 4.49. The third-order valence-electron chi connectivity index (χ3n) is 3.14. The summed E-state index contributed by atoms with van der Waals surface area (Å²) in [5.74, 6) is 1.69. The number of aryl methyl sites for hydroxylation is 1. The third-order valence-corrected chi connectivity index (χ3v) is 3.14. The molecule has 0 aliphatic heterocycles. The number of benzene rings is 1. The number of methoxy groups -OCH3 is 2. The molecule has 112 valence electrons. The number of carbonyl (C=O) groups is 1. The summed E-state index contributed by atoms with van der Waals surface area (Å²) in [6.07, 6.45) is 2.11. The molecule has 0 atom stereocenters. The van der Waals surface area contributed by atoms with Crippen molar-refractivity contribution >= 4 is 5.91 Å². The molecular formula is C15H18N2O4. The fourth-order valence-electron chi connectivity index (χ4n) is 1.97. The van der Waals surface area contributed by atoms with Crippen molar-refractivity contribution in [2.45, 2.75) is 13.3 Å². The predicted molar refractivity (Wildman–Crippen MR) is 76.8 cm³/mol. The van der Waals surface area contributed by atoms with Gasteiger partial charge in [0.25, 0.3) is 5.91 Å². The zero-order chi connectivity index (χ0) is 15.2. The van der Waals surface area contributed by atoms with Crippen LogP contribution in [0.15, 0.2) is 28.9 Å². The molecule has 1 N–H and O–H groups in total. The maximum absolute atomic E-state index is 11.9. The van der Waals surface area contributed by atoms with Crippen LogP contribution >= 0.6 is 0 Å². The molecule has 21 heavy (non-hydrogen) atoms. The molecule has 6 nitrogen and oxygen atoms in total. The van der Waals surface area contributed by atoms with Crippen LogP contribution in [0.3, 0.4) is 0 Å².